The van der Waals surface area contributed by atoms with Gasteiger partial charge in [0.1, 0.15) is 0 Å². The molecule has 0 spiro atoms. The van der Waals surface area contributed by atoms with Gasteiger partial charge in [-0.25, -0.2) is 0 Å². The van der Waals surface area contributed by atoms with Crippen molar-refractivity contribution >= 4 is 0 Å². The Hall–Kier alpha value is -0.0800. The summed E-state index contributed by atoms with van der Waals surface area (Å²) in [5.41, 5.74) is 0.368. The maximum Gasteiger partial charge on any atom is 0.0244 e. The van der Waals surface area contributed by atoms with E-state index in [2.05, 4.69) is 44.8 Å². The number of hydrogen-bond acceptors (Lipinski definition) is 2. The van der Waals surface area contributed by atoms with Crippen LogP contribution in [0.3, 0.4) is 0 Å². The highest BCUT2D eigenvalue weighted by atomic mass is 15.3. The van der Waals surface area contributed by atoms with Crippen LogP contribution >= 0.6 is 0 Å². The van der Waals surface area contributed by atoms with E-state index in [4.69, 9.17) is 0 Å². The highest BCUT2D eigenvalue weighted by Gasteiger charge is 2.39. The quantitative estimate of drug-likeness (QED) is 0.839. The first kappa shape index (κ1) is 16.3. The summed E-state index contributed by atoms with van der Waals surface area (Å²) in [5, 5.41) is 3.82. The van der Waals surface area contributed by atoms with Gasteiger partial charge in [0.2, 0.25) is 0 Å². The predicted octanol–water partition coefficient (Wildman–Crippen LogP) is 4.05. The summed E-state index contributed by atoms with van der Waals surface area (Å²) in [6, 6.07) is 2.25. The Labute approximate surface area is 126 Å². The highest BCUT2D eigenvalue weighted by molar-refractivity contribution is 4.96. The molecule has 0 radical (unpaired) electrons. The Bertz CT molecular complexity index is 294. The molecule has 0 amide bonds. The molecule has 2 heteroatoms. The van der Waals surface area contributed by atoms with Gasteiger partial charge < -0.3 is 5.32 Å². The van der Waals surface area contributed by atoms with Crippen molar-refractivity contribution < 1.29 is 0 Å². The average molecular weight is 281 g/mol. The number of piperazine rings is 1. The first-order valence-corrected chi connectivity index (χ1v) is 8.96. The smallest absolute Gasteiger partial charge is 0.0244 e. The zero-order chi connectivity index (χ0) is 14.8. The van der Waals surface area contributed by atoms with E-state index < -0.39 is 0 Å². The predicted molar refractivity (Wildman–Crippen MR) is 88.1 cm³/mol. The van der Waals surface area contributed by atoms with Crippen molar-refractivity contribution in [2.45, 2.75) is 91.3 Å². The fourth-order valence-corrected chi connectivity index (χ4v) is 4.29. The molecule has 1 saturated carbocycles. The first-order valence-electron chi connectivity index (χ1n) is 8.96. The van der Waals surface area contributed by atoms with Crippen molar-refractivity contribution in [3.63, 3.8) is 0 Å². The number of rotatable bonds is 3. The molecule has 1 aliphatic carbocycles. The Morgan fingerprint density at radius 1 is 1.05 bits per heavy atom. The maximum atomic E-state index is 3.82. The van der Waals surface area contributed by atoms with Crippen LogP contribution in [0.25, 0.3) is 0 Å². The van der Waals surface area contributed by atoms with E-state index in [-0.39, 0.29) is 0 Å². The van der Waals surface area contributed by atoms with E-state index in [0.29, 0.717) is 11.5 Å². The lowest BCUT2D eigenvalue weighted by molar-refractivity contribution is 0.00808. The van der Waals surface area contributed by atoms with Gasteiger partial charge in [-0.05, 0) is 30.6 Å². The summed E-state index contributed by atoms with van der Waals surface area (Å²) < 4.78 is 0. The Balaban J connectivity index is 2.11. The van der Waals surface area contributed by atoms with Crippen molar-refractivity contribution in [3.05, 3.63) is 0 Å². The summed E-state index contributed by atoms with van der Waals surface area (Å²) in [4.78, 5) is 2.90. The molecule has 0 bridgehead atoms. The van der Waals surface area contributed by atoms with Gasteiger partial charge >= 0.3 is 0 Å². The summed E-state index contributed by atoms with van der Waals surface area (Å²) in [5.74, 6) is 0.941. The van der Waals surface area contributed by atoms with Crippen molar-refractivity contribution in [1.82, 2.24) is 10.2 Å². The summed E-state index contributed by atoms with van der Waals surface area (Å²) in [6.45, 7) is 14.3. The lowest BCUT2D eigenvalue weighted by atomic mass is 9.78. The van der Waals surface area contributed by atoms with Crippen molar-refractivity contribution in [3.8, 4) is 0 Å². The SMILES string of the molecule is CCC1CCCCC1N1CC(C(C)(C)C)NCC1CC. The minimum atomic E-state index is 0.368. The minimum Gasteiger partial charge on any atom is -0.311 e. The van der Waals surface area contributed by atoms with Gasteiger partial charge in [0.15, 0.2) is 0 Å². The molecule has 2 fully saturated rings. The molecule has 2 rings (SSSR count). The van der Waals surface area contributed by atoms with Crippen LogP contribution in [-0.4, -0.2) is 36.1 Å². The molecule has 4 unspecified atom stereocenters. The standard InChI is InChI=1S/C18H36N2/c1-6-14-10-8-9-11-16(14)20-13-17(18(3,4)5)19-12-15(20)7-2/h14-17,19H,6-13H2,1-5H3. The van der Waals surface area contributed by atoms with E-state index >= 15 is 0 Å². The molecule has 0 aromatic rings. The maximum absolute atomic E-state index is 3.82. The number of nitrogens with zero attached hydrogens (tertiary/aromatic N) is 1. The van der Waals surface area contributed by atoms with E-state index in [1.807, 2.05) is 0 Å². The largest absolute Gasteiger partial charge is 0.311 e. The van der Waals surface area contributed by atoms with E-state index in [1.165, 1.54) is 51.6 Å². The van der Waals surface area contributed by atoms with Crippen LogP contribution < -0.4 is 5.32 Å². The second-order valence-electron chi connectivity index (χ2n) is 8.11. The molecule has 2 nitrogen and oxygen atoms in total. The van der Waals surface area contributed by atoms with Gasteiger partial charge in [0.05, 0.1) is 0 Å². The molecule has 118 valence electrons. The number of nitrogens with one attached hydrogen (secondary N) is 1. The topological polar surface area (TPSA) is 15.3 Å². The van der Waals surface area contributed by atoms with Crippen LogP contribution in [0.4, 0.5) is 0 Å². The monoisotopic (exact) mass is 280 g/mol. The fourth-order valence-electron chi connectivity index (χ4n) is 4.29. The third-order valence-corrected chi connectivity index (χ3v) is 5.80. The molecule has 0 aromatic carbocycles. The minimum absolute atomic E-state index is 0.368. The second-order valence-corrected chi connectivity index (χ2v) is 8.11. The van der Waals surface area contributed by atoms with Crippen LogP contribution in [-0.2, 0) is 0 Å². The third-order valence-electron chi connectivity index (χ3n) is 5.80. The molecule has 1 aliphatic heterocycles. The summed E-state index contributed by atoms with van der Waals surface area (Å²) in [7, 11) is 0. The highest BCUT2D eigenvalue weighted by Crippen LogP contribution is 2.34. The Morgan fingerprint density at radius 2 is 1.75 bits per heavy atom. The van der Waals surface area contributed by atoms with Gasteiger partial charge in [0.25, 0.3) is 0 Å². The molecule has 4 atom stereocenters. The van der Waals surface area contributed by atoms with Gasteiger partial charge in [0, 0.05) is 31.2 Å². The zero-order valence-corrected chi connectivity index (χ0v) is 14.4. The van der Waals surface area contributed by atoms with Crippen LogP contribution in [0.1, 0.15) is 73.1 Å². The lowest BCUT2D eigenvalue weighted by Crippen LogP contribution is -2.63. The first-order chi connectivity index (χ1) is 9.47. The van der Waals surface area contributed by atoms with Crippen LogP contribution in [0.15, 0.2) is 0 Å². The van der Waals surface area contributed by atoms with E-state index in [0.717, 1.165) is 18.0 Å². The molecule has 0 aromatic heterocycles. The molecule has 2 aliphatic rings. The average Bonchev–Trinajstić information content (AvgIpc) is 2.45. The van der Waals surface area contributed by atoms with Gasteiger partial charge in [-0.3, -0.25) is 4.90 Å². The summed E-state index contributed by atoms with van der Waals surface area (Å²) in [6.07, 6.45) is 8.46. The number of hydrogen-bond donors (Lipinski definition) is 1. The molecule has 1 saturated heterocycles. The van der Waals surface area contributed by atoms with Crippen molar-refractivity contribution in [2.75, 3.05) is 13.1 Å². The van der Waals surface area contributed by atoms with Gasteiger partial charge in [-0.2, -0.15) is 0 Å². The Kier molecular flexibility index (Phi) is 5.53. The van der Waals surface area contributed by atoms with Crippen LogP contribution in [0.2, 0.25) is 0 Å². The van der Waals surface area contributed by atoms with Crippen molar-refractivity contribution in [1.29, 1.82) is 0 Å². The van der Waals surface area contributed by atoms with E-state index in [9.17, 15) is 0 Å². The second kappa shape index (κ2) is 6.79. The van der Waals surface area contributed by atoms with Crippen LogP contribution in [0, 0.1) is 11.3 Å². The molecule has 1 heterocycles. The molecule has 20 heavy (non-hydrogen) atoms. The lowest BCUT2D eigenvalue weighted by Gasteiger charge is -2.51. The molecular formula is C18H36N2. The molecule has 1 N–H and O–H groups in total. The van der Waals surface area contributed by atoms with Gasteiger partial charge in [-0.15, -0.1) is 0 Å². The van der Waals surface area contributed by atoms with Gasteiger partial charge in [-0.1, -0.05) is 53.9 Å². The zero-order valence-electron chi connectivity index (χ0n) is 14.4. The normalized spacial score (nSPS) is 37.0. The third kappa shape index (κ3) is 3.57. The van der Waals surface area contributed by atoms with Crippen molar-refractivity contribution in [2.24, 2.45) is 11.3 Å². The molecular weight excluding hydrogens is 244 g/mol. The fraction of sp³-hybridized carbons (Fsp3) is 1.00. The van der Waals surface area contributed by atoms with E-state index in [1.54, 1.807) is 0 Å². The summed E-state index contributed by atoms with van der Waals surface area (Å²) >= 11 is 0. The Morgan fingerprint density at radius 3 is 2.35 bits per heavy atom. The van der Waals surface area contributed by atoms with Crippen LogP contribution in [0.5, 0.6) is 0 Å².